The third-order valence-corrected chi connectivity index (χ3v) is 9.53. The summed E-state index contributed by atoms with van der Waals surface area (Å²) < 4.78 is 0. The molecule has 0 saturated heterocycles. The van der Waals surface area contributed by atoms with E-state index in [1.54, 1.807) is 0 Å². The molecule has 38 heavy (non-hydrogen) atoms. The Kier molecular flexibility index (Phi) is 6.99. The van der Waals surface area contributed by atoms with Crippen molar-refractivity contribution in [2.75, 3.05) is 0 Å². The molecule has 0 nitrogen and oxygen atoms in total. The lowest BCUT2D eigenvalue weighted by Crippen LogP contribution is -2.23. The summed E-state index contributed by atoms with van der Waals surface area (Å²) in [7, 11) is -0.791. The van der Waals surface area contributed by atoms with Crippen LogP contribution in [0, 0.1) is 0 Å². The van der Waals surface area contributed by atoms with Gasteiger partial charge in [0, 0.05) is 0 Å². The number of hydrogen-bond acceptors (Lipinski definition) is 0. The Bertz CT molecular complexity index is 1650. The van der Waals surface area contributed by atoms with Gasteiger partial charge in [-0.15, -0.1) is 0 Å². The molecule has 0 aliphatic rings. The first-order valence-corrected chi connectivity index (χ1v) is 14.4. The summed E-state index contributed by atoms with van der Waals surface area (Å²) in [6.07, 6.45) is 0. The maximum absolute atomic E-state index is 2.44. The molecule has 0 bridgehead atoms. The van der Waals surface area contributed by atoms with Crippen LogP contribution in [0.4, 0.5) is 0 Å². The molecule has 182 valence electrons. The highest BCUT2D eigenvalue weighted by molar-refractivity contribution is 7.80. The highest BCUT2D eigenvalue weighted by Crippen LogP contribution is 2.41. The first-order valence-electron chi connectivity index (χ1n) is 13.0. The molecule has 0 aliphatic carbocycles. The summed E-state index contributed by atoms with van der Waals surface area (Å²) in [6, 6.07) is 57.3. The molecule has 0 heterocycles. The molecule has 0 saturated carbocycles. The zero-order chi connectivity index (χ0) is 25.7. The normalized spacial score (nSPS) is 11.9. The fourth-order valence-corrected chi connectivity index (χ4v) is 7.69. The van der Waals surface area contributed by atoms with E-state index in [9.17, 15) is 0 Å². The van der Waals surface area contributed by atoms with Crippen LogP contribution in [0.3, 0.4) is 0 Å². The second-order valence-corrected chi connectivity index (χ2v) is 11.6. The van der Waals surface area contributed by atoms with Crippen molar-refractivity contribution in [3.63, 3.8) is 0 Å². The van der Waals surface area contributed by atoms with Gasteiger partial charge in [0.1, 0.15) is 0 Å². The molecule has 0 amide bonds. The number of allylic oxidation sites excluding steroid dienone is 1. The van der Waals surface area contributed by atoms with Crippen LogP contribution in [0.5, 0.6) is 0 Å². The van der Waals surface area contributed by atoms with Crippen LogP contribution in [-0.2, 0) is 0 Å². The van der Waals surface area contributed by atoms with Crippen LogP contribution in [0.25, 0.3) is 21.9 Å². The Morgan fingerprint density at radius 2 is 0.868 bits per heavy atom. The summed E-state index contributed by atoms with van der Waals surface area (Å²) in [5.74, 6) is 0. The van der Waals surface area contributed by atoms with Crippen molar-refractivity contribution in [2.24, 2.45) is 0 Å². The largest absolute Gasteiger partial charge is 0.0622 e. The van der Waals surface area contributed by atoms with E-state index in [0.29, 0.717) is 0 Å². The van der Waals surface area contributed by atoms with Crippen LogP contribution in [-0.4, -0.2) is 0 Å². The molecular formula is C37H29P. The average molecular weight is 505 g/mol. The summed E-state index contributed by atoms with van der Waals surface area (Å²) in [5, 5.41) is 6.63. The van der Waals surface area contributed by atoms with E-state index in [2.05, 4.69) is 165 Å². The fraction of sp³-hybridized carbons (Fsp3) is 0.0270. The Labute approximate surface area is 226 Å². The van der Waals surface area contributed by atoms with Gasteiger partial charge in [-0.25, -0.2) is 0 Å². The Hall–Kier alpha value is -4.25. The van der Waals surface area contributed by atoms with E-state index in [-0.39, 0.29) is 0 Å². The summed E-state index contributed by atoms with van der Waals surface area (Å²) >= 11 is 0. The molecule has 6 rings (SSSR count). The highest BCUT2D eigenvalue weighted by atomic mass is 31.1. The number of rotatable bonds is 6. The van der Waals surface area contributed by atoms with Crippen molar-refractivity contribution in [3.8, 4) is 0 Å². The first-order chi connectivity index (χ1) is 18.8. The van der Waals surface area contributed by atoms with Gasteiger partial charge in [-0.3, -0.25) is 0 Å². The van der Waals surface area contributed by atoms with E-state index in [1.165, 1.54) is 54.5 Å². The maximum atomic E-state index is 2.44. The maximum Gasteiger partial charge on any atom is -0.00659 e. The van der Waals surface area contributed by atoms with Crippen molar-refractivity contribution in [2.45, 2.75) is 6.92 Å². The fourth-order valence-electron chi connectivity index (χ4n) is 5.21. The minimum Gasteiger partial charge on any atom is -0.0622 e. The van der Waals surface area contributed by atoms with Gasteiger partial charge in [0.2, 0.25) is 0 Å². The lowest BCUT2D eigenvalue weighted by atomic mass is 9.89. The van der Waals surface area contributed by atoms with E-state index < -0.39 is 7.92 Å². The lowest BCUT2D eigenvalue weighted by Gasteiger charge is -2.25. The zero-order valence-corrected chi connectivity index (χ0v) is 22.4. The zero-order valence-electron chi connectivity index (χ0n) is 21.5. The van der Waals surface area contributed by atoms with Gasteiger partial charge < -0.3 is 0 Å². The van der Waals surface area contributed by atoms with Gasteiger partial charge in [-0.1, -0.05) is 146 Å². The number of fused-ring (bicyclic) bond motifs is 1. The second-order valence-electron chi connectivity index (χ2n) is 9.46. The third-order valence-electron chi connectivity index (χ3n) is 7.05. The van der Waals surface area contributed by atoms with Crippen LogP contribution >= 0.6 is 7.92 Å². The summed E-state index contributed by atoms with van der Waals surface area (Å²) in [6.45, 7) is 2.27. The number of benzene rings is 6. The molecule has 0 aliphatic heterocycles. The number of hydrogen-bond donors (Lipinski definition) is 0. The van der Waals surface area contributed by atoms with Crippen molar-refractivity contribution >= 4 is 45.8 Å². The quantitative estimate of drug-likeness (QED) is 0.157. The minimum atomic E-state index is -0.791. The van der Waals surface area contributed by atoms with Crippen molar-refractivity contribution in [1.82, 2.24) is 0 Å². The molecule has 6 aromatic carbocycles. The van der Waals surface area contributed by atoms with Crippen LogP contribution < -0.4 is 15.9 Å². The Morgan fingerprint density at radius 3 is 1.39 bits per heavy atom. The van der Waals surface area contributed by atoms with Crippen LogP contribution in [0.1, 0.15) is 23.6 Å². The molecule has 0 unspecified atom stereocenters. The smallest absolute Gasteiger partial charge is 0.00659 e. The van der Waals surface area contributed by atoms with Gasteiger partial charge in [0.05, 0.1) is 0 Å². The van der Waals surface area contributed by atoms with E-state index in [4.69, 9.17) is 0 Å². The minimum absolute atomic E-state index is 0.791. The van der Waals surface area contributed by atoms with E-state index in [1.807, 2.05) is 0 Å². The standard InChI is InChI=1S/C37H29P/c1-28(29-16-6-2-7-17-29)37(30-18-8-3-9-19-30)35-26-31-20-14-15-21-32(31)27-36(35)38(33-22-10-4-11-23-33)34-24-12-5-13-25-34/h2-27H,1H3/b37-28+. The molecule has 0 atom stereocenters. The second kappa shape index (κ2) is 11.0. The van der Waals surface area contributed by atoms with Gasteiger partial charge in [-0.2, -0.15) is 0 Å². The molecule has 0 fully saturated rings. The van der Waals surface area contributed by atoms with Crippen molar-refractivity contribution in [1.29, 1.82) is 0 Å². The van der Waals surface area contributed by atoms with Gasteiger partial charge in [0.15, 0.2) is 0 Å². The highest BCUT2D eigenvalue weighted by Gasteiger charge is 2.23. The molecule has 0 N–H and O–H groups in total. The third kappa shape index (κ3) is 4.84. The predicted octanol–water partition coefficient (Wildman–Crippen LogP) is 8.58. The van der Waals surface area contributed by atoms with Gasteiger partial charge >= 0.3 is 0 Å². The topological polar surface area (TPSA) is 0 Å². The Balaban J connectivity index is 1.72. The van der Waals surface area contributed by atoms with Crippen molar-refractivity contribution < 1.29 is 0 Å². The average Bonchev–Trinajstić information content (AvgIpc) is 2.99. The van der Waals surface area contributed by atoms with Gasteiger partial charge in [0.25, 0.3) is 0 Å². The summed E-state index contributed by atoms with van der Waals surface area (Å²) in [4.78, 5) is 0. The molecule has 0 aromatic heterocycles. The Morgan fingerprint density at radius 1 is 0.447 bits per heavy atom. The lowest BCUT2D eigenvalue weighted by molar-refractivity contribution is 1.52. The predicted molar refractivity (Wildman–Crippen MR) is 167 cm³/mol. The van der Waals surface area contributed by atoms with Crippen molar-refractivity contribution in [3.05, 3.63) is 174 Å². The van der Waals surface area contributed by atoms with Gasteiger partial charge in [-0.05, 0) is 81.5 Å². The molecule has 0 spiro atoms. The van der Waals surface area contributed by atoms with Crippen LogP contribution in [0.2, 0.25) is 0 Å². The molecule has 0 radical (unpaired) electrons. The van der Waals surface area contributed by atoms with E-state index >= 15 is 0 Å². The molecular weight excluding hydrogens is 475 g/mol. The molecule has 1 heteroatoms. The monoisotopic (exact) mass is 504 g/mol. The van der Waals surface area contributed by atoms with E-state index in [0.717, 1.165) is 0 Å². The van der Waals surface area contributed by atoms with Crippen LogP contribution in [0.15, 0.2) is 158 Å². The summed E-state index contributed by atoms with van der Waals surface area (Å²) in [5.41, 5.74) is 6.35. The SMILES string of the molecule is C/C(=C(/c1ccccc1)c1cc2ccccc2cc1P(c1ccccc1)c1ccccc1)c1ccccc1. The molecule has 6 aromatic rings. The first kappa shape index (κ1) is 24.1.